The highest BCUT2D eigenvalue weighted by atomic mass is 127. The van der Waals surface area contributed by atoms with Gasteiger partial charge in [-0.05, 0) is 31.5 Å². The maximum atomic E-state index is 12.7. The van der Waals surface area contributed by atoms with Gasteiger partial charge < -0.3 is 16.0 Å². The van der Waals surface area contributed by atoms with E-state index in [1.165, 1.54) is 12.1 Å². The fourth-order valence-electron chi connectivity index (χ4n) is 1.72. The van der Waals surface area contributed by atoms with Crippen molar-refractivity contribution in [2.24, 2.45) is 4.99 Å². The van der Waals surface area contributed by atoms with E-state index in [4.69, 9.17) is 0 Å². The fraction of sp³-hybridized carbons (Fsp3) is 0.467. The van der Waals surface area contributed by atoms with Crippen molar-refractivity contribution in [3.8, 4) is 0 Å². The Bertz CT molecular complexity index is 457. The zero-order chi connectivity index (χ0) is 15.5. The lowest BCUT2D eigenvalue weighted by Crippen LogP contribution is -2.38. The van der Waals surface area contributed by atoms with E-state index in [0.717, 1.165) is 24.6 Å². The number of carbonyl (C=O) groups excluding carboxylic acids is 1. The third kappa shape index (κ3) is 8.81. The van der Waals surface area contributed by atoms with Gasteiger partial charge in [0.1, 0.15) is 5.82 Å². The quantitative estimate of drug-likeness (QED) is 0.271. The average Bonchev–Trinajstić information content (AvgIpc) is 2.46. The smallest absolute Gasteiger partial charge is 0.224 e. The zero-order valence-corrected chi connectivity index (χ0v) is 15.3. The van der Waals surface area contributed by atoms with Gasteiger partial charge >= 0.3 is 0 Å². The summed E-state index contributed by atoms with van der Waals surface area (Å²) >= 11 is 0. The SMILES string of the molecule is CCNC(=NCCNC(=O)Cc1ccc(F)cc1)NCC.I. The summed E-state index contributed by atoms with van der Waals surface area (Å²) in [5.74, 6) is 0.353. The van der Waals surface area contributed by atoms with Crippen LogP contribution >= 0.6 is 24.0 Å². The second kappa shape index (κ2) is 12.2. The fourth-order valence-corrected chi connectivity index (χ4v) is 1.72. The first-order valence-corrected chi connectivity index (χ1v) is 7.19. The number of aliphatic imine (C=N–C) groups is 1. The molecule has 1 rings (SSSR count). The van der Waals surface area contributed by atoms with Crippen molar-refractivity contribution in [2.75, 3.05) is 26.2 Å². The predicted octanol–water partition coefficient (Wildman–Crippen LogP) is 1.68. The van der Waals surface area contributed by atoms with E-state index in [9.17, 15) is 9.18 Å². The number of hydrogen-bond acceptors (Lipinski definition) is 2. The molecule has 1 aromatic carbocycles. The van der Waals surface area contributed by atoms with Crippen LogP contribution in [-0.4, -0.2) is 38.0 Å². The van der Waals surface area contributed by atoms with Crippen LogP contribution in [0.2, 0.25) is 0 Å². The van der Waals surface area contributed by atoms with Crippen LogP contribution in [0.4, 0.5) is 4.39 Å². The minimum absolute atomic E-state index is 0. The van der Waals surface area contributed by atoms with Gasteiger partial charge in [0, 0.05) is 19.6 Å². The van der Waals surface area contributed by atoms with E-state index in [1.54, 1.807) is 12.1 Å². The standard InChI is InChI=1S/C15H23FN4O.HI/c1-3-17-15(18-4-2)20-10-9-19-14(21)11-12-5-7-13(16)8-6-12;/h5-8H,3-4,9-11H2,1-2H3,(H,19,21)(H2,17,18,20);1H. The van der Waals surface area contributed by atoms with Crippen molar-refractivity contribution in [1.29, 1.82) is 0 Å². The number of rotatable bonds is 7. The largest absolute Gasteiger partial charge is 0.357 e. The summed E-state index contributed by atoms with van der Waals surface area (Å²) in [5.41, 5.74) is 0.790. The Hall–Kier alpha value is -1.38. The van der Waals surface area contributed by atoms with E-state index in [0.29, 0.717) is 13.1 Å². The first-order valence-electron chi connectivity index (χ1n) is 7.19. The van der Waals surface area contributed by atoms with E-state index in [-0.39, 0.29) is 42.1 Å². The summed E-state index contributed by atoms with van der Waals surface area (Å²) in [5, 5.41) is 9.00. The van der Waals surface area contributed by atoms with Crippen molar-refractivity contribution >= 4 is 35.8 Å². The molecule has 0 saturated carbocycles. The minimum Gasteiger partial charge on any atom is -0.357 e. The molecule has 0 radical (unpaired) electrons. The Morgan fingerprint density at radius 2 is 1.68 bits per heavy atom. The maximum absolute atomic E-state index is 12.7. The summed E-state index contributed by atoms with van der Waals surface area (Å²) in [7, 11) is 0. The maximum Gasteiger partial charge on any atom is 0.224 e. The Labute approximate surface area is 148 Å². The second-order valence-corrected chi connectivity index (χ2v) is 4.44. The number of nitrogens with one attached hydrogen (secondary N) is 3. The summed E-state index contributed by atoms with van der Waals surface area (Å²) in [6.07, 6.45) is 0.247. The van der Waals surface area contributed by atoms with E-state index >= 15 is 0 Å². The number of halogens is 2. The Morgan fingerprint density at radius 1 is 1.09 bits per heavy atom. The lowest BCUT2D eigenvalue weighted by atomic mass is 10.1. The molecule has 7 heteroatoms. The Morgan fingerprint density at radius 3 is 2.23 bits per heavy atom. The number of carbonyl (C=O) groups is 1. The van der Waals surface area contributed by atoms with Crippen molar-refractivity contribution in [3.63, 3.8) is 0 Å². The molecule has 0 unspecified atom stereocenters. The van der Waals surface area contributed by atoms with Crippen LogP contribution in [0, 0.1) is 5.82 Å². The van der Waals surface area contributed by atoms with Crippen LogP contribution < -0.4 is 16.0 Å². The van der Waals surface area contributed by atoms with E-state index in [1.807, 2.05) is 13.8 Å². The zero-order valence-electron chi connectivity index (χ0n) is 13.0. The highest BCUT2D eigenvalue weighted by molar-refractivity contribution is 14.0. The first kappa shape index (κ1) is 20.6. The van der Waals surface area contributed by atoms with Crippen molar-refractivity contribution in [3.05, 3.63) is 35.6 Å². The summed E-state index contributed by atoms with van der Waals surface area (Å²) in [6, 6.07) is 5.93. The van der Waals surface area contributed by atoms with Gasteiger partial charge in [-0.25, -0.2) is 4.39 Å². The molecule has 0 aliphatic heterocycles. The molecule has 0 fully saturated rings. The molecule has 22 heavy (non-hydrogen) atoms. The molecular weight excluding hydrogens is 398 g/mol. The molecule has 0 bridgehead atoms. The van der Waals surface area contributed by atoms with Gasteiger partial charge in [-0.1, -0.05) is 12.1 Å². The van der Waals surface area contributed by atoms with Gasteiger partial charge in [-0.3, -0.25) is 9.79 Å². The highest BCUT2D eigenvalue weighted by Crippen LogP contribution is 2.03. The molecule has 5 nitrogen and oxygen atoms in total. The molecule has 0 heterocycles. The third-order valence-electron chi connectivity index (χ3n) is 2.67. The van der Waals surface area contributed by atoms with Crippen LogP contribution in [0.5, 0.6) is 0 Å². The number of hydrogen-bond donors (Lipinski definition) is 3. The molecule has 3 N–H and O–H groups in total. The lowest BCUT2D eigenvalue weighted by Gasteiger charge is -2.09. The molecule has 0 atom stereocenters. The Kier molecular flexibility index (Phi) is 11.4. The first-order chi connectivity index (χ1) is 10.2. The minimum atomic E-state index is -0.298. The number of nitrogens with zero attached hydrogens (tertiary/aromatic N) is 1. The third-order valence-corrected chi connectivity index (χ3v) is 2.67. The number of amides is 1. The topological polar surface area (TPSA) is 65.5 Å². The molecule has 124 valence electrons. The number of benzene rings is 1. The van der Waals surface area contributed by atoms with Crippen molar-refractivity contribution in [2.45, 2.75) is 20.3 Å². The van der Waals surface area contributed by atoms with Crippen LogP contribution in [-0.2, 0) is 11.2 Å². The van der Waals surface area contributed by atoms with Gasteiger partial charge in [-0.2, -0.15) is 0 Å². The van der Waals surface area contributed by atoms with Crippen LogP contribution in [0.15, 0.2) is 29.3 Å². The van der Waals surface area contributed by atoms with E-state index in [2.05, 4.69) is 20.9 Å². The van der Waals surface area contributed by atoms with Crippen LogP contribution in [0.25, 0.3) is 0 Å². The monoisotopic (exact) mass is 422 g/mol. The molecule has 1 aromatic rings. The van der Waals surface area contributed by atoms with E-state index < -0.39 is 0 Å². The molecule has 0 saturated heterocycles. The van der Waals surface area contributed by atoms with Gasteiger partial charge in [0.2, 0.25) is 5.91 Å². The average molecular weight is 422 g/mol. The van der Waals surface area contributed by atoms with Crippen LogP contribution in [0.3, 0.4) is 0 Å². The molecule has 0 aromatic heterocycles. The lowest BCUT2D eigenvalue weighted by molar-refractivity contribution is -0.120. The summed E-state index contributed by atoms with van der Waals surface area (Å²) in [6.45, 7) is 6.56. The van der Waals surface area contributed by atoms with Crippen LogP contribution in [0.1, 0.15) is 19.4 Å². The van der Waals surface area contributed by atoms with Gasteiger partial charge in [-0.15, -0.1) is 24.0 Å². The van der Waals surface area contributed by atoms with Gasteiger partial charge in [0.15, 0.2) is 5.96 Å². The van der Waals surface area contributed by atoms with Crippen molar-refractivity contribution < 1.29 is 9.18 Å². The molecule has 0 spiro atoms. The molecule has 0 aliphatic carbocycles. The summed E-state index contributed by atoms with van der Waals surface area (Å²) < 4.78 is 12.7. The highest BCUT2D eigenvalue weighted by Gasteiger charge is 2.02. The van der Waals surface area contributed by atoms with Gasteiger partial charge in [0.05, 0.1) is 13.0 Å². The Balaban J connectivity index is 0.00000441. The molecule has 0 aliphatic rings. The number of guanidine groups is 1. The predicted molar refractivity (Wildman–Crippen MR) is 98.2 cm³/mol. The molecular formula is C15H24FIN4O. The molecule has 1 amide bonds. The summed E-state index contributed by atoms with van der Waals surface area (Å²) in [4.78, 5) is 16.0. The van der Waals surface area contributed by atoms with Gasteiger partial charge in [0.25, 0.3) is 0 Å². The van der Waals surface area contributed by atoms with Crippen molar-refractivity contribution in [1.82, 2.24) is 16.0 Å². The second-order valence-electron chi connectivity index (χ2n) is 4.44. The normalized spacial score (nSPS) is 9.41.